The van der Waals surface area contributed by atoms with Crippen molar-refractivity contribution in [3.8, 4) is 11.5 Å². The molecule has 1 aliphatic rings. The highest BCUT2D eigenvalue weighted by atomic mass is 35.5. The highest BCUT2D eigenvalue weighted by molar-refractivity contribution is 6.30. The van der Waals surface area contributed by atoms with Crippen LogP contribution in [0, 0.1) is 5.82 Å². The first-order chi connectivity index (χ1) is 13.7. The van der Waals surface area contributed by atoms with E-state index in [1.165, 1.54) is 0 Å². The van der Waals surface area contributed by atoms with Gasteiger partial charge in [0.05, 0.1) is 0 Å². The Bertz CT molecular complexity index is 1010. The summed E-state index contributed by atoms with van der Waals surface area (Å²) in [7, 11) is 0. The quantitative estimate of drug-likeness (QED) is 0.780. The average molecular weight is 383 g/mol. The fraction of sp³-hybridized carbons (Fsp3) is 0.350. The molecule has 0 fully saturated rings. The zero-order chi connectivity index (χ0) is 22.5. The molecular weight excluding hydrogens is 359 g/mol. The van der Waals surface area contributed by atoms with Gasteiger partial charge < -0.3 is 14.6 Å². The third-order valence-corrected chi connectivity index (χ3v) is 4.05. The number of rotatable bonds is 6. The van der Waals surface area contributed by atoms with E-state index in [2.05, 4.69) is 0 Å². The number of aliphatic carboxylic acids is 1. The monoisotopic (exact) mass is 382 g/mol. The number of fused-ring (bicyclic) bond motifs is 1. The fourth-order valence-electron chi connectivity index (χ4n) is 2.83. The van der Waals surface area contributed by atoms with E-state index in [9.17, 15) is 9.18 Å². The average Bonchev–Trinajstić information content (AvgIpc) is 2.93. The normalized spacial score (nSPS) is 18.0. The lowest BCUT2D eigenvalue weighted by Gasteiger charge is -2.18. The molecule has 26 heavy (non-hydrogen) atoms. The predicted molar refractivity (Wildman–Crippen MR) is 96.6 cm³/mol. The van der Waals surface area contributed by atoms with E-state index < -0.39 is 35.7 Å². The number of carbonyl (C=O) groups is 1. The SMILES string of the molecule is [2H]C([2H])(C(=O)O)C([2H])([2H])c1ccc(OCc2cc(Cl)cc3c2OC(C)(C)C3)c(F)c1. The van der Waals surface area contributed by atoms with Crippen molar-refractivity contribution < 1.29 is 29.2 Å². The number of halogens is 2. The van der Waals surface area contributed by atoms with Crippen LogP contribution in [-0.2, 0) is 24.2 Å². The minimum Gasteiger partial charge on any atom is -0.487 e. The first-order valence-corrected chi connectivity index (χ1v) is 8.29. The summed E-state index contributed by atoms with van der Waals surface area (Å²) in [4.78, 5) is 11.1. The van der Waals surface area contributed by atoms with Gasteiger partial charge in [-0.15, -0.1) is 0 Å². The van der Waals surface area contributed by atoms with Crippen LogP contribution < -0.4 is 9.47 Å². The predicted octanol–water partition coefficient (Wildman–Crippen LogP) is 4.79. The Balaban J connectivity index is 1.83. The smallest absolute Gasteiger partial charge is 0.303 e. The summed E-state index contributed by atoms with van der Waals surface area (Å²) < 4.78 is 56.6. The molecule has 6 heteroatoms. The lowest BCUT2D eigenvalue weighted by Crippen LogP contribution is -2.25. The number of benzene rings is 2. The minimum absolute atomic E-state index is 0.0575. The van der Waals surface area contributed by atoms with Gasteiger partial charge in [0, 0.05) is 28.9 Å². The van der Waals surface area contributed by atoms with E-state index in [-0.39, 0.29) is 12.4 Å². The van der Waals surface area contributed by atoms with E-state index in [0.29, 0.717) is 22.8 Å². The summed E-state index contributed by atoms with van der Waals surface area (Å²) in [5.41, 5.74) is 0.701. The number of carboxylic acid groups (broad SMARTS) is 1. The second-order valence-corrected chi connectivity index (χ2v) is 7.02. The molecule has 0 spiro atoms. The Morgan fingerprint density at radius 1 is 1.42 bits per heavy atom. The van der Waals surface area contributed by atoms with Crippen LogP contribution in [-0.4, -0.2) is 16.7 Å². The summed E-state index contributed by atoms with van der Waals surface area (Å²) in [6.07, 6.45) is -5.53. The van der Waals surface area contributed by atoms with Gasteiger partial charge in [0.15, 0.2) is 11.6 Å². The van der Waals surface area contributed by atoms with E-state index in [1.807, 2.05) is 19.9 Å². The van der Waals surface area contributed by atoms with E-state index in [0.717, 1.165) is 23.8 Å². The Hall–Kier alpha value is -2.27. The van der Waals surface area contributed by atoms with Gasteiger partial charge >= 0.3 is 5.97 Å². The molecule has 2 aromatic carbocycles. The van der Waals surface area contributed by atoms with Crippen molar-refractivity contribution in [3.05, 3.63) is 57.9 Å². The molecular formula is C20H20ClFO4. The van der Waals surface area contributed by atoms with Crippen molar-refractivity contribution in [2.24, 2.45) is 0 Å². The lowest BCUT2D eigenvalue weighted by molar-refractivity contribution is -0.136. The molecule has 0 amide bonds. The first-order valence-electron chi connectivity index (χ1n) is 9.91. The Labute approximate surface area is 162 Å². The summed E-state index contributed by atoms with van der Waals surface area (Å²) in [5, 5.41) is 9.45. The maximum atomic E-state index is 14.5. The summed E-state index contributed by atoms with van der Waals surface area (Å²) in [6, 6.07) is 6.44. The number of ether oxygens (including phenoxy) is 2. The van der Waals surface area contributed by atoms with Gasteiger partial charge in [-0.05, 0) is 55.6 Å². The molecule has 0 radical (unpaired) electrons. The van der Waals surface area contributed by atoms with Gasteiger partial charge in [0.1, 0.15) is 18.0 Å². The topological polar surface area (TPSA) is 55.8 Å². The minimum atomic E-state index is -3.24. The molecule has 1 heterocycles. The number of aryl methyl sites for hydroxylation is 1. The third kappa shape index (κ3) is 4.28. The highest BCUT2D eigenvalue weighted by Crippen LogP contribution is 2.40. The van der Waals surface area contributed by atoms with Crippen molar-refractivity contribution in [2.75, 3.05) is 0 Å². The Morgan fingerprint density at radius 3 is 2.88 bits per heavy atom. The van der Waals surface area contributed by atoms with Crippen LogP contribution in [0.2, 0.25) is 5.02 Å². The van der Waals surface area contributed by atoms with Crippen LogP contribution in [0.25, 0.3) is 0 Å². The molecule has 3 rings (SSSR count). The second kappa shape index (κ2) is 7.16. The van der Waals surface area contributed by atoms with Gasteiger partial charge in [0.2, 0.25) is 0 Å². The maximum Gasteiger partial charge on any atom is 0.303 e. The van der Waals surface area contributed by atoms with Gasteiger partial charge in [-0.25, -0.2) is 4.39 Å². The summed E-state index contributed by atoms with van der Waals surface area (Å²) in [6.45, 7) is 3.82. The summed E-state index contributed by atoms with van der Waals surface area (Å²) >= 11 is 6.16. The molecule has 4 nitrogen and oxygen atoms in total. The second-order valence-electron chi connectivity index (χ2n) is 6.58. The van der Waals surface area contributed by atoms with Crippen molar-refractivity contribution in [2.45, 2.75) is 45.2 Å². The summed E-state index contributed by atoms with van der Waals surface area (Å²) in [5.74, 6) is -2.49. The fourth-order valence-corrected chi connectivity index (χ4v) is 3.09. The molecule has 138 valence electrons. The molecule has 0 bridgehead atoms. The van der Waals surface area contributed by atoms with E-state index >= 15 is 0 Å². The van der Waals surface area contributed by atoms with Crippen LogP contribution in [0.1, 0.15) is 42.4 Å². The molecule has 2 aromatic rings. The molecule has 0 saturated carbocycles. The van der Waals surface area contributed by atoms with Crippen LogP contribution in [0.3, 0.4) is 0 Å². The molecule has 0 saturated heterocycles. The number of carboxylic acids is 1. The standard InChI is InChI=1S/C20H20ClFO4/c1-20(2)10-13-8-15(21)9-14(19(13)26-20)11-25-17-5-3-12(7-16(17)22)4-6-18(23)24/h3,5,7-9H,4,6,10-11H2,1-2H3,(H,23,24)/i4D2,6D2. The highest BCUT2D eigenvalue weighted by Gasteiger charge is 2.32. The van der Waals surface area contributed by atoms with E-state index in [1.54, 1.807) is 6.07 Å². The molecule has 0 atom stereocenters. The van der Waals surface area contributed by atoms with Crippen molar-refractivity contribution in [1.29, 1.82) is 0 Å². The largest absolute Gasteiger partial charge is 0.487 e. The lowest BCUT2D eigenvalue weighted by atomic mass is 10.0. The number of hydrogen-bond acceptors (Lipinski definition) is 3. The van der Waals surface area contributed by atoms with Gasteiger partial charge in [-0.1, -0.05) is 17.7 Å². The van der Waals surface area contributed by atoms with Crippen molar-refractivity contribution in [3.63, 3.8) is 0 Å². The van der Waals surface area contributed by atoms with Gasteiger partial charge in [0.25, 0.3) is 0 Å². The third-order valence-electron chi connectivity index (χ3n) is 3.83. The zero-order valence-electron chi connectivity index (χ0n) is 18.2. The van der Waals surface area contributed by atoms with Crippen LogP contribution in [0.15, 0.2) is 30.3 Å². The van der Waals surface area contributed by atoms with Crippen LogP contribution in [0.5, 0.6) is 11.5 Å². The van der Waals surface area contributed by atoms with Gasteiger partial charge in [-0.3, -0.25) is 4.79 Å². The molecule has 1 aliphatic heterocycles. The number of hydrogen-bond donors (Lipinski definition) is 1. The van der Waals surface area contributed by atoms with Crippen molar-refractivity contribution in [1.82, 2.24) is 0 Å². The molecule has 0 aliphatic carbocycles. The Kier molecular flexibility index (Phi) is 3.82. The zero-order valence-corrected chi connectivity index (χ0v) is 15.0. The molecule has 0 unspecified atom stereocenters. The first kappa shape index (κ1) is 13.9. The van der Waals surface area contributed by atoms with Gasteiger partial charge in [-0.2, -0.15) is 0 Å². The van der Waals surface area contributed by atoms with E-state index in [4.69, 9.17) is 31.7 Å². The van der Waals surface area contributed by atoms with Crippen LogP contribution in [0.4, 0.5) is 4.39 Å². The molecule has 1 N–H and O–H groups in total. The maximum absolute atomic E-state index is 14.5. The molecule has 0 aromatic heterocycles. The Morgan fingerprint density at radius 2 is 2.19 bits per heavy atom. The van der Waals surface area contributed by atoms with Crippen LogP contribution >= 0.6 is 11.6 Å². The van der Waals surface area contributed by atoms with Crippen molar-refractivity contribution >= 4 is 17.6 Å².